The lowest BCUT2D eigenvalue weighted by Crippen LogP contribution is -2.48. The molecule has 1 heterocycles. The fourth-order valence-corrected chi connectivity index (χ4v) is 2.69. The minimum atomic E-state index is -0.373. The number of ether oxygens (including phenoxy) is 1. The van der Waals surface area contributed by atoms with Crippen molar-refractivity contribution in [3.8, 4) is 5.75 Å². The zero-order valence-electron chi connectivity index (χ0n) is 12.4. The smallest absolute Gasteiger partial charge is 0.222 e. The van der Waals surface area contributed by atoms with E-state index in [1.807, 2.05) is 11.8 Å². The molecule has 1 aliphatic heterocycles. The molecule has 1 amide bonds. The van der Waals surface area contributed by atoms with Gasteiger partial charge in [0.15, 0.2) is 11.6 Å². The average molecular weight is 294 g/mol. The molecule has 2 N–H and O–H groups in total. The molecule has 1 aromatic rings. The first-order chi connectivity index (χ1) is 10.1. The number of rotatable bonds is 5. The number of benzene rings is 1. The first kappa shape index (κ1) is 15.8. The van der Waals surface area contributed by atoms with Gasteiger partial charge in [0.2, 0.25) is 5.91 Å². The predicted molar refractivity (Wildman–Crippen MR) is 79.5 cm³/mol. The Morgan fingerprint density at radius 1 is 1.48 bits per heavy atom. The van der Waals surface area contributed by atoms with Gasteiger partial charge >= 0.3 is 0 Å². The summed E-state index contributed by atoms with van der Waals surface area (Å²) in [5.74, 6) is -0.00346. The number of halogens is 1. The molecule has 0 aromatic heterocycles. The fraction of sp³-hybridized carbons (Fsp3) is 0.562. The van der Waals surface area contributed by atoms with E-state index in [-0.39, 0.29) is 29.6 Å². The van der Waals surface area contributed by atoms with Crippen LogP contribution < -0.4 is 10.5 Å². The van der Waals surface area contributed by atoms with Crippen LogP contribution in [0.5, 0.6) is 5.75 Å². The number of piperidine rings is 1. The minimum Gasteiger partial charge on any atom is -0.491 e. The van der Waals surface area contributed by atoms with E-state index in [1.165, 1.54) is 6.07 Å². The van der Waals surface area contributed by atoms with Crippen molar-refractivity contribution < 1.29 is 13.9 Å². The summed E-state index contributed by atoms with van der Waals surface area (Å²) in [6.07, 6.45) is 2.73. The van der Waals surface area contributed by atoms with Crippen molar-refractivity contribution >= 4 is 5.91 Å². The Morgan fingerprint density at radius 2 is 2.24 bits per heavy atom. The molecular weight excluding hydrogens is 271 g/mol. The number of nitrogens with zero attached hydrogens (tertiary/aromatic N) is 1. The topological polar surface area (TPSA) is 55.6 Å². The SMILES string of the molecule is C[C@H]1C[C@H](N)CCN1C(=O)CCCOc1ccccc1F. The van der Waals surface area contributed by atoms with Gasteiger partial charge in [-0.1, -0.05) is 12.1 Å². The van der Waals surface area contributed by atoms with Crippen LogP contribution in [0.4, 0.5) is 4.39 Å². The Balaban J connectivity index is 1.71. The maximum atomic E-state index is 13.3. The normalized spacial score (nSPS) is 22.1. The van der Waals surface area contributed by atoms with Gasteiger partial charge in [-0.15, -0.1) is 0 Å². The summed E-state index contributed by atoms with van der Waals surface area (Å²) in [6.45, 7) is 3.11. The molecular formula is C16H23FN2O2. The second-order valence-corrected chi connectivity index (χ2v) is 5.60. The minimum absolute atomic E-state index is 0.131. The highest BCUT2D eigenvalue weighted by molar-refractivity contribution is 5.76. The molecule has 0 unspecified atom stereocenters. The van der Waals surface area contributed by atoms with E-state index in [0.717, 1.165) is 19.4 Å². The van der Waals surface area contributed by atoms with Crippen molar-refractivity contribution in [1.82, 2.24) is 4.90 Å². The largest absolute Gasteiger partial charge is 0.491 e. The predicted octanol–water partition coefficient (Wildman–Crippen LogP) is 2.32. The van der Waals surface area contributed by atoms with Crippen molar-refractivity contribution in [3.05, 3.63) is 30.1 Å². The molecule has 0 saturated carbocycles. The van der Waals surface area contributed by atoms with Crippen molar-refractivity contribution in [3.63, 3.8) is 0 Å². The summed E-state index contributed by atoms with van der Waals surface area (Å²) in [5, 5.41) is 0. The van der Waals surface area contributed by atoms with Crippen molar-refractivity contribution in [2.24, 2.45) is 5.73 Å². The molecule has 1 aliphatic rings. The Bertz CT molecular complexity index is 481. The number of amides is 1. The van der Waals surface area contributed by atoms with Gasteiger partial charge in [-0.25, -0.2) is 4.39 Å². The van der Waals surface area contributed by atoms with Gasteiger partial charge in [-0.3, -0.25) is 4.79 Å². The highest BCUT2D eigenvalue weighted by atomic mass is 19.1. The third-order valence-electron chi connectivity index (χ3n) is 3.87. The molecule has 5 heteroatoms. The average Bonchev–Trinajstić information content (AvgIpc) is 2.45. The van der Waals surface area contributed by atoms with Crippen molar-refractivity contribution in [2.45, 2.75) is 44.7 Å². The maximum Gasteiger partial charge on any atom is 0.222 e. The van der Waals surface area contributed by atoms with Crippen LogP contribution in [0.3, 0.4) is 0 Å². The molecule has 1 fully saturated rings. The molecule has 2 atom stereocenters. The van der Waals surface area contributed by atoms with E-state index < -0.39 is 0 Å². The molecule has 2 rings (SSSR count). The highest BCUT2D eigenvalue weighted by Gasteiger charge is 2.26. The molecule has 0 bridgehead atoms. The Hall–Kier alpha value is -1.62. The maximum absolute atomic E-state index is 13.3. The number of para-hydroxylation sites is 1. The number of hydrogen-bond donors (Lipinski definition) is 1. The van der Waals surface area contributed by atoms with Gasteiger partial charge in [0, 0.05) is 25.0 Å². The molecule has 0 spiro atoms. The van der Waals surface area contributed by atoms with Gasteiger partial charge in [0.1, 0.15) is 0 Å². The van der Waals surface area contributed by atoms with Crippen LogP contribution in [-0.2, 0) is 4.79 Å². The summed E-state index contributed by atoms with van der Waals surface area (Å²) in [7, 11) is 0. The Morgan fingerprint density at radius 3 is 2.95 bits per heavy atom. The van der Waals surface area contributed by atoms with E-state index in [0.29, 0.717) is 19.4 Å². The first-order valence-electron chi connectivity index (χ1n) is 7.50. The van der Waals surface area contributed by atoms with E-state index in [9.17, 15) is 9.18 Å². The van der Waals surface area contributed by atoms with Crippen LogP contribution >= 0.6 is 0 Å². The third kappa shape index (κ3) is 4.43. The number of carbonyl (C=O) groups excluding carboxylic acids is 1. The summed E-state index contributed by atoms with van der Waals surface area (Å²) in [6, 6.07) is 6.70. The fourth-order valence-electron chi connectivity index (χ4n) is 2.69. The Kier molecular flexibility index (Phi) is 5.56. The monoisotopic (exact) mass is 294 g/mol. The van der Waals surface area contributed by atoms with Gasteiger partial charge in [-0.2, -0.15) is 0 Å². The van der Waals surface area contributed by atoms with Crippen LogP contribution in [0.2, 0.25) is 0 Å². The zero-order chi connectivity index (χ0) is 15.2. The lowest BCUT2D eigenvalue weighted by molar-refractivity contribution is -0.134. The molecule has 1 saturated heterocycles. The number of hydrogen-bond acceptors (Lipinski definition) is 3. The summed E-state index contributed by atoms with van der Waals surface area (Å²) < 4.78 is 18.7. The van der Waals surface area contributed by atoms with E-state index in [1.54, 1.807) is 18.2 Å². The van der Waals surface area contributed by atoms with Crippen LogP contribution in [-0.4, -0.2) is 36.0 Å². The number of likely N-dealkylation sites (tertiary alicyclic amines) is 1. The quantitative estimate of drug-likeness (QED) is 0.848. The van der Waals surface area contributed by atoms with Crippen LogP contribution in [0, 0.1) is 5.82 Å². The second kappa shape index (κ2) is 7.41. The van der Waals surface area contributed by atoms with Crippen LogP contribution in [0.15, 0.2) is 24.3 Å². The first-order valence-corrected chi connectivity index (χ1v) is 7.50. The standard InChI is InChI=1S/C16H23FN2O2/c1-12-11-13(18)8-9-19(12)16(20)7-4-10-21-15-6-3-2-5-14(15)17/h2-3,5-6,12-13H,4,7-11,18H2,1H3/t12-,13+/m0/s1. The lowest BCUT2D eigenvalue weighted by atomic mass is 9.98. The molecule has 1 aromatic carbocycles. The van der Waals surface area contributed by atoms with E-state index in [4.69, 9.17) is 10.5 Å². The highest BCUT2D eigenvalue weighted by Crippen LogP contribution is 2.18. The Labute approximate surface area is 125 Å². The molecule has 4 nitrogen and oxygen atoms in total. The number of carbonyl (C=O) groups is 1. The van der Waals surface area contributed by atoms with Crippen LogP contribution in [0.25, 0.3) is 0 Å². The van der Waals surface area contributed by atoms with Gasteiger partial charge < -0.3 is 15.4 Å². The van der Waals surface area contributed by atoms with E-state index >= 15 is 0 Å². The molecule has 0 aliphatic carbocycles. The van der Waals surface area contributed by atoms with Crippen molar-refractivity contribution in [2.75, 3.05) is 13.2 Å². The van der Waals surface area contributed by atoms with Gasteiger partial charge in [0.25, 0.3) is 0 Å². The van der Waals surface area contributed by atoms with Gasteiger partial charge in [-0.05, 0) is 38.3 Å². The second-order valence-electron chi connectivity index (χ2n) is 5.60. The number of nitrogens with two attached hydrogens (primary N) is 1. The van der Waals surface area contributed by atoms with Crippen LogP contribution in [0.1, 0.15) is 32.6 Å². The summed E-state index contributed by atoms with van der Waals surface area (Å²) >= 11 is 0. The lowest BCUT2D eigenvalue weighted by Gasteiger charge is -2.36. The summed E-state index contributed by atoms with van der Waals surface area (Å²) in [4.78, 5) is 14.0. The molecule has 21 heavy (non-hydrogen) atoms. The molecule has 0 radical (unpaired) electrons. The molecule has 116 valence electrons. The van der Waals surface area contributed by atoms with Crippen molar-refractivity contribution in [1.29, 1.82) is 0 Å². The third-order valence-corrected chi connectivity index (χ3v) is 3.87. The van der Waals surface area contributed by atoms with Gasteiger partial charge in [0.05, 0.1) is 6.61 Å². The zero-order valence-corrected chi connectivity index (χ0v) is 12.4. The summed E-state index contributed by atoms with van der Waals surface area (Å²) in [5.41, 5.74) is 5.89. The van der Waals surface area contributed by atoms with E-state index in [2.05, 4.69) is 0 Å².